The van der Waals surface area contributed by atoms with Crippen LogP contribution < -0.4 is 5.56 Å². The molecule has 0 saturated carbocycles. The van der Waals surface area contributed by atoms with Gasteiger partial charge in [0.1, 0.15) is 11.5 Å². The van der Waals surface area contributed by atoms with Gasteiger partial charge in [-0.2, -0.15) is 0 Å². The molecular weight excluding hydrogens is 318 g/mol. The van der Waals surface area contributed by atoms with E-state index in [0.717, 1.165) is 41.5 Å². The number of fused-ring (bicyclic) bond motifs is 1. The summed E-state index contributed by atoms with van der Waals surface area (Å²) < 4.78 is 0. The second kappa shape index (κ2) is 6.16. The van der Waals surface area contributed by atoms with Gasteiger partial charge in [0.2, 0.25) is 0 Å². The standard InChI is InChI=1S/C18H19N5O2/c1-11-4-2-6-13-16(11)22-17(21-13)12-5-3-7-23(10-12)18(25)14-8-20-15(24)9-19-14/h2,4,6,8-9,12H,3,5,7,10H2,1H3,(H,20,24)(H,21,22)/t12-/m0/s1. The van der Waals surface area contributed by atoms with Crippen molar-refractivity contribution in [3.8, 4) is 0 Å². The van der Waals surface area contributed by atoms with E-state index >= 15 is 0 Å². The number of para-hydroxylation sites is 1. The molecule has 0 radical (unpaired) electrons. The predicted octanol–water partition coefficient (Wildman–Crippen LogP) is 1.97. The molecule has 3 aromatic rings. The van der Waals surface area contributed by atoms with Gasteiger partial charge in [0.05, 0.1) is 17.2 Å². The first-order valence-corrected chi connectivity index (χ1v) is 8.41. The van der Waals surface area contributed by atoms with Gasteiger partial charge in [0, 0.05) is 25.2 Å². The highest BCUT2D eigenvalue weighted by Crippen LogP contribution is 2.28. The lowest BCUT2D eigenvalue weighted by molar-refractivity contribution is 0.0698. The topological polar surface area (TPSA) is 94.7 Å². The van der Waals surface area contributed by atoms with Crippen molar-refractivity contribution in [1.29, 1.82) is 0 Å². The van der Waals surface area contributed by atoms with E-state index in [2.05, 4.69) is 15.0 Å². The normalized spacial score (nSPS) is 17.8. The lowest BCUT2D eigenvalue weighted by Gasteiger charge is -2.31. The molecule has 0 spiro atoms. The summed E-state index contributed by atoms with van der Waals surface area (Å²) in [6.07, 6.45) is 4.41. The Balaban J connectivity index is 1.57. The molecule has 7 nitrogen and oxygen atoms in total. The van der Waals surface area contributed by atoms with Crippen molar-refractivity contribution >= 4 is 16.9 Å². The molecule has 2 aromatic heterocycles. The van der Waals surface area contributed by atoms with Gasteiger partial charge in [-0.3, -0.25) is 9.59 Å². The minimum absolute atomic E-state index is 0.159. The first kappa shape index (κ1) is 15.6. The summed E-state index contributed by atoms with van der Waals surface area (Å²) in [4.78, 5) is 40.1. The minimum Gasteiger partial charge on any atom is -0.342 e. The number of imidazole rings is 1. The van der Waals surface area contributed by atoms with Gasteiger partial charge in [-0.05, 0) is 31.4 Å². The number of aryl methyl sites for hydroxylation is 1. The van der Waals surface area contributed by atoms with E-state index in [4.69, 9.17) is 4.98 Å². The van der Waals surface area contributed by atoms with Crippen molar-refractivity contribution < 1.29 is 4.79 Å². The third-order valence-electron chi connectivity index (χ3n) is 4.72. The largest absolute Gasteiger partial charge is 0.342 e. The summed E-state index contributed by atoms with van der Waals surface area (Å²) >= 11 is 0. The molecule has 2 N–H and O–H groups in total. The number of benzene rings is 1. The van der Waals surface area contributed by atoms with Crippen LogP contribution in [-0.4, -0.2) is 43.8 Å². The summed E-state index contributed by atoms with van der Waals surface area (Å²) in [6, 6.07) is 6.08. The summed E-state index contributed by atoms with van der Waals surface area (Å²) in [6.45, 7) is 3.33. The van der Waals surface area contributed by atoms with Crippen molar-refractivity contribution in [3.05, 3.63) is 58.0 Å². The van der Waals surface area contributed by atoms with Crippen molar-refractivity contribution in [2.75, 3.05) is 13.1 Å². The second-order valence-corrected chi connectivity index (χ2v) is 6.48. The molecule has 1 aliphatic heterocycles. The van der Waals surface area contributed by atoms with Crippen molar-refractivity contribution in [2.24, 2.45) is 0 Å². The van der Waals surface area contributed by atoms with Gasteiger partial charge < -0.3 is 14.9 Å². The number of likely N-dealkylation sites (tertiary alicyclic amines) is 1. The minimum atomic E-state index is -0.314. The lowest BCUT2D eigenvalue weighted by Crippen LogP contribution is -2.40. The number of rotatable bonds is 2. The van der Waals surface area contributed by atoms with Crippen molar-refractivity contribution in [2.45, 2.75) is 25.7 Å². The van der Waals surface area contributed by atoms with Gasteiger partial charge in [-0.1, -0.05) is 12.1 Å². The SMILES string of the molecule is Cc1cccc2[nH]c([C@H]3CCCN(C(=O)c4c[nH]c(=O)cn4)C3)nc12. The maximum absolute atomic E-state index is 12.6. The fourth-order valence-electron chi connectivity index (χ4n) is 3.39. The Kier molecular flexibility index (Phi) is 3.83. The molecule has 1 amide bonds. The first-order chi connectivity index (χ1) is 12.1. The summed E-state index contributed by atoms with van der Waals surface area (Å²) in [5.74, 6) is 0.941. The Morgan fingerprint density at radius 1 is 1.36 bits per heavy atom. The summed E-state index contributed by atoms with van der Waals surface area (Å²) in [5.41, 5.74) is 3.11. The molecule has 1 aromatic carbocycles. The predicted molar refractivity (Wildman–Crippen MR) is 93.6 cm³/mol. The van der Waals surface area contributed by atoms with Crippen LogP contribution >= 0.6 is 0 Å². The third kappa shape index (κ3) is 2.93. The second-order valence-electron chi connectivity index (χ2n) is 6.48. The number of H-pyrrole nitrogens is 2. The van der Waals surface area contributed by atoms with E-state index in [-0.39, 0.29) is 23.1 Å². The molecule has 1 atom stereocenters. The number of nitrogens with zero attached hydrogens (tertiary/aromatic N) is 3. The van der Waals surface area contributed by atoms with Crippen molar-refractivity contribution in [1.82, 2.24) is 24.8 Å². The number of aromatic nitrogens is 4. The van der Waals surface area contributed by atoms with Crippen LogP contribution in [0.3, 0.4) is 0 Å². The van der Waals surface area contributed by atoms with Crippen LogP contribution in [0.4, 0.5) is 0 Å². The Morgan fingerprint density at radius 2 is 2.24 bits per heavy atom. The molecule has 0 bridgehead atoms. The maximum Gasteiger partial charge on any atom is 0.273 e. The molecule has 1 saturated heterocycles. The fraction of sp³-hybridized carbons (Fsp3) is 0.333. The quantitative estimate of drug-likeness (QED) is 0.747. The molecule has 0 unspecified atom stereocenters. The number of hydrogen-bond acceptors (Lipinski definition) is 4. The van der Waals surface area contributed by atoms with Gasteiger partial charge in [0.15, 0.2) is 0 Å². The zero-order chi connectivity index (χ0) is 17.4. The average molecular weight is 337 g/mol. The van der Waals surface area contributed by atoms with E-state index in [1.165, 1.54) is 6.20 Å². The monoisotopic (exact) mass is 337 g/mol. The molecule has 4 rings (SSSR count). The first-order valence-electron chi connectivity index (χ1n) is 8.41. The number of amides is 1. The molecule has 1 aliphatic rings. The van der Waals surface area contributed by atoms with Crippen LogP contribution in [-0.2, 0) is 0 Å². The van der Waals surface area contributed by atoms with Gasteiger partial charge in [-0.25, -0.2) is 9.97 Å². The molecule has 3 heterocycles. The zero-order valence-electron chi connectivity index (χ0n) is 14.0. The highest BCUT2D eigenvalue weighted by atomic mass is 16.2. The van der Waals surface area contributed by atoms with Crippen molar-refractivity contribution in [3.63, 3.8) is 0 Å². The maximum atomic E-state index is 12.6. The van der Waals surface area contributed by atoms with Gasteiger partial charge in [0.25, 0.3) is 11.5 Å². The van der Waals surface area contributed by atoms with Crippen LogP contribution in [0.15, 0.2) is 35.4 Å². The van der Waals surface area contributed by atoms with E-state index < -0.39 is 0 Å². The molecule has 25 heavy (non-hydrogen) atoms. The van der Waals surface area contributed by atoms with Gasteiger partial charge in [-0.15, -0.1) is 0 Å². The third-order valence-corrected chi connectivity index (χ3v) is 4.72. The Morgan fingerprint density at radius 3 is 3.00 bits per heavy atom. The molecule has 0 aliphatic carbocycles. The number of aromatic amines is 2. The molecule has 128 valence electrons. The number of carbonyl (C=O) groups is 1. The van der Waals surface area contributed by atoms with E-state index in [1.54, 1.807) is 4.90 Å². The molecule has 7 heteroatoms. The van der Waals surface area contributed by atoms with Crippen LogP contribution in [0.25, 0.3) is 11.0 Å². The summed E-state index contributed by atoms with van der Waals surface area (Å²) in [7, 11) is 0. The highest BCUT2D eigenvalue weighted by molar-refractivity contribution is 5.92. The zero-order valence-corrected chi connectivity index (χ0v) is 14.0. The van der Waals surface area contributed by atoms with Crippen LogP contribution in [0.1, 0.15) is 40.6 Å². The Hall–Kier alpha value is -2.96. The summed E-state index contributed by atoms with van der Waals surface area (Å²) in [5, 5.41) is 0. The lowest BCUT2D eigenvalue weighted by atomic mass is 9.97. The fourth-order valence-corrected chi connectivity index (χ4v) is 3.39. The van der Waals surface area contributed by atoms with E-state index in [0.29, 0.717) is 13.1 Å². The smallest absolute Gasteiger partial charge is 0.273 e. The number of piperidine rings is 1. The Labute approximate surface area is 144 Å². The molecule has 1 fully saturated rings. The van der Waals surface area contributed by atoms with Gasteiger partial charge >= 0.3 is 0 Å². The number of carbonyl (C=O) groups excluding carboxylic acids is 1. The average Bonchev–Trinajstić information content (AvgIpc) is 3.08. The number of nitrogens with one attached hydrogen (secondary N) is 2. The van der Waals surface area contributed by atoms with E-state index in [9.17, 15) is 9.59 Å². The number of hydrogen-bond donors (Lipinski definition) is 2. The van der Waals surface area contributed by atoms with Crippen LogP contribution in [0, 0.1) is 6.92 Å². The van der Waals surface area contributed by atoms with Crippen LogP contribution in [0.2, 0.25) is 0 Å². The van der Waals surface area contributed by atoms with E-state index in [1.807, 2.05) is 25.1 Å². The Bertz CT molecular complexity index is 970. The van der Waals surface area contributed by atoms with Crippen LogP contribution in [0.5, 0.6) is 0 Å². The highest BCUT2D eigenvalue weighted by Gasteiger charge is 2.28. The molecular formula is C18H19N5O2.